The van der Waals surface area contributed by atoms with E-state index in [2.05, 4.69) is 0 Å². The van der Waals surface area contributed by atoms with Crippen LogP contribution in [-0.2, 0) is 22.8 Å². The zero-order valence-corrected chi connectivity index (χ0v) is 21.9. The number of benzene rings is 3. The number of nitrogens with zero attached hydrogens (tertiary/aromatic N) is 2. The Kier molecular flexibility index (Phi) is 7.22. The lowest BCUT2D eigenvalue weighted by molar-refractivity contribution is 0.0741. The number of imidazole rings is 1. The predicted octanol–water partition coefficient (Wildman–Crippen LogP) is 7.06. The molecule has 1 aromatic heterocycles. The normalized spacial score (nSPS) is 12.7. The summed E-state index contributed by atoms with van der Waals surface area (Å²) >= 11 is 19.4. The van der Waals surface area contributed by atoms with E-state index in [4.69, 9.17) is 39.8 Å². The minimum Gasteiger partial charge on any atom is -0.384 e. The monoisotopic (exact) mass is 532 g/mol. The summed E-state index contributed by atoms with van der Waals surface area (Å²) in [5, 5.41) is 12.0. The van der Waals surface area contributed by atoms with Crippen LogP contribution in [0.25, 0.3) is 16.8 Å². The molecule has 1 N–H and O–H groups in total. The molecule has 1 unspecified atom stereocenters. The van der Waals surface area contributed by atoms with Crippen LogP contribution in [0.2, 0.25) is 15.1 Å². The van der Waals surface area contributed by atoms with Crippen molar-refractivity contribution in [2.45, 2.75) is 30.8 Å². The molecule has 0 saturated carbocycles. The summed E-state index contributed by atoms with van der Waals surface area (Å²) in [4.78, 5) is 5.45. The first-order valence-electron chi connectivity index (χ1n) is 10.5. The molecule has 0 fully saturated rings. The van der Waals surface area contributed by atoms with E-state index in [9.17, 15) is 9.32 Å². The topological polar surface area (TPSA) is 55.1 Å². The van der Waals surface area contributed by atoms with Gasteiger partial charge in [-0.1, -0.05) is 65.1 Å². The van der Waals surface area contributed by atoms with E-state index in [1.165, 1.54) is 0 Å². The molecule has 1 atom stereocenters. The molecule has 0 saturated heterocycles. The lowest BCUT2D eigenvalue weighted by Gasteiger charge is -2.13. The minimum absolute atomic E-state index is 0.401. The molecule has 0 amide bonds. The Morgan fingerprint density at radius 3 is 2.35 bits per heavy atom. The summed E-state index contributed by atoms with van der Waals surface area (Å²) in [6.45, 7) is 3.37. The van der Waals surface area contributed by atoms with Crippen molar-refractivity contribution in [3.63, 3.8) is 0 Å². The van der Waals surface area contributed by atoms with Crippen LogP contribution in [-0.4, -0.2) is 25.1 Å². The third-order valence-electron chi connectivity index (χ3n) is 5.49. The fourth-order valence-corrected chi connectivity index (χ4v) is 4.86. The molecule has 0 bridgehead atoms. The Morgan fingerprint density at radius 2 is 1.68 bits per heavy atom. The number of halogens is 3. The van der Waals surface area contributed by atoms with Gasteiger partial charge in [0.15, 0.2) is 0 Å². The Hall–Kier alpha value is -2.15. The average Bonchev–Trinajstić information content (AvgIpc) is 3.21. The van der Waals surface area contributed by atoms with Gasteiger partial charge in [0.1, 0.15) is 11.4 Å². The van der Waals surface area contributed by atoms with Crippen LogP contribution in [0.15, 0.2) is 71.8 Å². The van der Waals surface area contributed by atoms with Crippen molar-refractivity contribution >= 4 is 45.6 Å². The molecule has 0 aliphatic carbocycles. The summed E-state index contributed by atoms with van der Waals surface area (Å²) in [5.74, 6) is 0.666. The van der Waals surface area contributed by atoms with Crippen molar-refractivity contribution in [3.05, 3.63) is 99.0 Å². The minimum atomic E-state index is -1.14. The average molecular weight is 534 g/mol. The van der Waals surface area contributed by atoms with Gasteiger partial charge in [0, 0.05) is 34.6 Å². The van der Waals surface area contributed by atoms with Crippen LogP contribution >= 0.6 is 34.8 Å². The predicted molar refractivity (Wildman–Crippen MR) is 141 cm³/mol. The zero-order valence-electron chi connectivity index (χ0n) is 18.8. The van der Waals surface area contributed by atoms with E-state index in [1.54, 1.807) is 32.4 Å². The number of aromatic nitrogens is 2. The highest BCUT2D eigenvalue weighted by atomic mass is 35.5. The van der Waals surface area contributed by atoms with E-state index in [0.717, 1.165) is 27.3 Å². The van der Waals surface area contributed by atoms with Gasteiger partial charge >= 0.3 is 0 Å². The lowest BCUT2D eigenvalue weighted by Crippen LogP contribution is -2.15. The highest BCUT2D eigenvalue weighted by molar-refractivity contribution is 7.84. The number of rotatable bonds is 6. The molecule has 0 radical (unpaired) electrons. The molecule has 4 rings (SSSR count). The van der Waals surface area contributed by atoms with Gasteiger partial charge in [-0.05, 0) is 60.9 Å². The van der Waals surface area contributed by atoms with Crippen LogP contribution in [0.5, 0.6) is 0 Å². The quantitative estimate of drug-likeness (QED) is 0.289. The highest BCUT2D eigenvalue weighted by Gasteiger charge is 2.24. The van der Waals surface area contributed by atoms with Gasteiger partial charge in [-0.3, -0.25) is 4.21 Å². The summed E-state index contributed by atoms with van der Waals surface area (Å²) in [5.41, 5.74) is 2.75. The van der Waals surface area contributed by atoms with Crippen LogP contribution < -0.4 is 0 Å². The molecular formula is C26H23Cl3N2O2S. The SMILES string of the molecule is CS(=O)c1cccc(-c2ccc(-n3cc(C(C)(C)O)nc3Cc3cccc(Cl)c3Cl)c(Cl)c2)c1. The van der Waals surface area contributed by atoms with Crippen molar-refractivity contribution in [3.8, 4) is 16.8 Å². The van der Waals surface area contributed by atoms with Gasteiger partial charge < -0.3 is 9.67 Å². The fraction of sp³-hybridized carbons (Fsp3) is 0.192. The molecule has 4 nitrogen and oxygen atoms in total. The van der Waals surface area contributed by atoms with Gasteiger partial charge in [-0.25, -0.2) is 4.98 Å². The van der Waals surface area contributed by atoms with Crippen molar-refractivity contribution in [1.29, 1.82) is 0 Å². The zero-order chi connectivity index (χ0) is 24.6. The molecular weight excluding hydrogens is 511 g/mol. The maximum Gasteiger partial charge on any atom is 0.118 e. The van der Waals surface area contributed by atoms with E-state index in [0.29, 0.717) is 33.0 Å². The molecule has 8 heteroatoms. The van der Waals surface area contributed by atoms with Gasteiger partial charge in [0.25, 0.3) is 0 Å². The molecule has 3 aromatic carbocycles. The third kappa shape index (κ3) is 5.24. The molecule has 4 aromatic rings. The molecule has 0 aliphatic heterocycles. The van der Waals surface area contributed by atoms with E-state index in [-0.39, 0.29) is 0 Å². The summed E-state index contributed by atoms with van der Waals surface area (Å²) in [6.07, 6.45) is 3.84. The fourth-order valence-electron chi connectivity index (χ4n) is 3.64. The van der Waals surface area contributed by atoms with Crippen molar-refractivity contribution in [2.24, 2.45) is 0 Å². The third-order valence-corrected chi connectivity index (χ3v) is 7.57. The maximum atomic E-state index is 11.9. The smallest absolute Gasteiger partial charge is 0.118 e. The standard InChI is InChI=1S/C26H23Cl3N2O2S/c1-26(2,32)23-15-31(24(30-23)14-18-7-5-9-20(27)25(18)29)22-11-10-17(13-21(22)28)16-6-4-8-19(12-16)34(3)33/h4-13,15,32H,14H2,1-3H3. The molecule has 176 valence electrons. The van der Waals surface area contributed by atoms with Crippen molar-refractivity contribution in [1.82, 2.24) is 9.55 Å². The summed E-state index contributed by atoms with van der Waals surface area (Å²) < 4.78 is 13.8. The van der Waals surface area contributed by atoms with Crippen molar-refractivity contribution in [2.75, 3.05) is 6.26 Å². The lowest BCUT2D eigenvalue weighted by atomic mass is 10.1. The van der Waals surface area contributed by atoms with Crippen LogP contribution in [0.4, 0.5) is 0 Å². The van der Waals surface area contributed by atoms with Crippen LogP contribution in [0.3, 0.4) is 0 Å². The van der Waals surface area contributed by atoms with Gasteiger partial charge in [-0.2, -0.15) is 0 Å². The molecule has 1 heterocycles. The number of hydrogen-bond donors (Lipinski definition) is 1. The van der Waals surface area contributed by atoms with E-state index in [1.807, 2.05) is 59.2 Å². The highest BCUT2D eigenvalue weighted by Crippen LogP contribution is 2.33. The van der Waals surface area contributed by atoms with E-state index >= 15 is 0 Å². The van der Waals surface area contributed by atoms with Gasteiger partial charge in [0.2, 0.25) is 0 Å². The first-order chi connectivity index (χ1) is 16.0. The summed E-state index contributed by atoms with van der Waals surface area (Å²) in [7, 11) is -1.07. The van der Waals surface area contributed by atoms with Crippen LogP contribution in [0, 0.1) is 0 Å². The Bertz CT molecular complexity index is 1390. The Balaban J connectivity index is 1.79. The number of hydrogen-bond acceptors (Lipinski definition) is 3. The van der Waals surface area contributed by atoms with Gasteiger partial charge in [0.05, 0.1) is 26.4 Å². The maximum absolute atomic E-state index is 11.9. The second-order valence-corrected chi connectivity index (χ2v) is 11.1. The van der Waals surface area contributed by atoms with Crippen LogP contribution in [0.1, 0.15) is 30.9 Å². The van der Waals surface area contributed by atoms with E-state index < -0.39 is 16.4 Å². The molecule has 0 spiro atoms. The number of aliphatic hydroxyl groups is 1. The Morgan fingerprint density at radius 1 is 0.971 bits per heavy atom. The molecule has 0 aliphatic rings. The first kappa shape index (κ1) is 25.0. The largest absolute Gasteiger partial charge is 0.384 e. The van der Waals surface area contributed by atoms with Crippen molar-refractivity contribution < 1.29 is 9.32 Å². The van der Waals surface area contributed by atoms with Gasteiger partial charge in [-0.15, -0.1) is 0 Å². The second-order valence-electron chi connectivity index (χ2n) is 8.51. The second kappa shape index (κ2) is 9.84. The Labute approximate surface area is 216 Å². The summed E-state index contributed by atoms with van der Waals surface area (Å²) in [6, 6.07) is 18.8. The first-order valence-corrected chi connectivity index (χ1v) is 13.2. The molecule has 34 heavy (non-hydrogen) atoms.